The lowest BCUT2D eigenvalue weighted by molar-refractivity contribution is 0.0698. The smallest absolute Gasteiger partial charge is 0.264 e. The van der Waals surface area contributed by atoms with E-state index in [-0.39, 0.29) is 5.91 Å². The average molecular weight is 292 g/mol. The first-order chi connectivity index (χ1) is 9.60. The third-order valence-electron chi connectivity index (χ3n) is 4.14. The minimum Gasteiger partial charge on any atom is -0.338 e. The second-order valence-corrected chi connectivity index (χ2v) is 6.54. The van der Waals surface area contributed by atoms with Crippen molar-refractivity contribution < 1.29 is 4.79 Å². The molecule has 0 aliphatic carbocycles. The van der Waals surface area contributed by atoms with E-state index < -0.39 is 0 Å². The number of aromatic nitrogens is 2. The van der Waals surface area contributed by atoms with Crippen molar-refractivity contribution in [1.29, 1.82) is 0 Å². The van der Waals surface area contributed by atoms with Crippen LogP contribution in [0.4, 0.5) is 0 Å². The zero-order chi connectivity index (χ0) is 14.3. The van der Waals surface area contributed by atoms with Gasteiger partial charge in [-0.2, -0.15) is 5.10 Å². The van der Waals surface area contributed by atoms with Gasteiger partial charge >= 0.3 is 0 Å². The van der Waals surface area contributed by atoms with Crippen molar-refractivity contribution >= 4 is 27.5 Å². The predicted molar refractivity (Wildman–Crippen MR) is 81.0 cm³/mol. The minimum atomic E-state index is 0.154. The summed E-state index contributed by atoms with van der Waals surface area (Å²) in [5, 5.41) is 5.47. The van der Waals surface area contributed by atoms with E-state index >= 15 is 0 Å². The van der Waals surface area contributed by atoms with Gasteiger partial charge in [0.2, 0.25) is 0 Å². The van der Waals surface area contributed by atoms with E-state index in [0.29, 0.717) is 5.92 Å². The molecular formula is C14H20N4OS. The largest absolute Gasteiger partial charge is 0.338 e. The zero-order valence-electron chi connectivity index (χ0n) is 11.9. The molecule has 6 heteroatoms. The zero-order valence-corrected chi connectivity index (χ0v) is 12.7. The van der Waals surface area contributed by atoms with E-state index in [9.17, 15) is 4.79 Å². The predicted octanol–water partition coefficient (Wildman–Crippen LogP) is 1.75. The first kappa shape index (κ1) is 13.6. The second-order valence-electron chi connectivity index (χ2n) is 5.51. The number of nitrogens with zero attached hydrogens (tertiary/aromatic N) is 3. The maximum atomic E-state index is 12.6. The Kier molecular flexibility index (Phi) is 3.52. The molecule has 0 spiro atoms. The Bertz CT molecular complexity index is 602. The van der Waals surface area contributed by atoms with Gasteiger partial charge in [0, 0.05) is 25.5 Å². The van der Waals surface area contributed by atoms with Crippen LogP contribution < -0.4 is 5.73 Å². The summed E-state index contributed by atoms with van der Waals surface area (Å²) in [6, 6.07) is 1.99. The van der Waals surface area contributed by atoms with Crippen LogP contribution in [0.2, 0.25) is 0 Å². The summed E-state index contributed by atoms with van der Waals surface area (Å²) in [6.07, 6.45) is 2.04. The molecule has 0 bridgehead atoms. The fourth-order valence-electron chi connectivity index (χ4n) is 2.84. The number of rotatable bonds is 2. The molecule has 5 nitrogen and oxygen atoms in total. The molecule has 0 radical (unpaired) electrons. The number of hydrogen-bond acceptors (Lipinski definition) is 4. The lowest BCUT2D eigenvalue weighted by Gasteiger charge is -2.31. The molecule has 1 amide bonds. The minimum absolute atomic E-state index is 0.154. The molecule has 3 rings (SSSR count). The topological polar surface area (TPSA) is 64.2 Å². The summed E-state index contributed by atoms with van der Waals surface area (Å²) in [5.41, 5.74) is 6.68. The third-order valence-corrected chi connectivity index (χ3v) is 5.33. The quantitative estimate of drug-likeness (QED) is 0.917. The van der Waals surface area contributed by atoms with Crippen LogP contribution in [0, 0.1) is 12.8 Å². The van der Waals surface area contributed by atoms with Gasteiger partial charge < -0.3 is 10.6 Å². The number of amides is 1. The number of thiophene rings is 1. The van der Waals surface area contributed by atoms with E-state index in [1.165, 1.54) is 11.3 Å². The third kappa shape index (κ3) is 2.23. The van der Waals surface area contributed by atoms with Crippen molar-refractivity contribution in [3.63, 3.8) is 0 Å². The number of piperidine rings is 1. The van der Waals surface area contributed by atoms with Crippen molar-refractivity contribution in [2.24, 2.45) is 18.7 Å². The molecule has 1 fully saturated rings. The van der Waals surface area contributed by atoms with E-state index in [4.69, 9.17) is 5.73 Å². The van der Waals surface area contributed by atoms with Crippen molar-refractivity contribution in [3.8, 4) is 0 Å². The first-order valence-electron chi connectivity index (χ1n) is 7.02. The summed E-state index contributed by atoms with van der Waals surface area (Å²) < 4.78 is 1.85. The molecule has 108 valence electrons. The summed E-state index contributed by atoms with van der Waals surface area (Å²) in [4.78, 5) is 16.4. The van der Waals surface area contributed by atoms with Crippen LogP contribution in [0.25, 0.3) is 10.2 Å². The van der Waals surface area contributed by atoms with E-state index in [0.717, 1.165) is 53.3 Å². The molecule has 0 aromatic carbocycles. The summed E-state index contributed by atoms with van der Waals surface area (Å²) in [5.74, 6) is 0.731. The number of carbonyl (C=O) groups excluding carboxylic acids is 1. The van der Waals surface area contributed by atoms with Gasteiger partial charge in [-0.05, 0) is 38.3 Å². The molecule has 1 aliphatic rings. The standard InChI is InChI=1S/C14H20N4OS/c1-9-11-7-12(20-14(11)17(2)16-9)13(19)18-5-3-10(8-15)4-6-18/h7,10H,3-6,8,15H2,1-2H3. The number of likely N-dealkylation sites (tertiary alicyclic amines) is 1. The summed E-state index contributed by atoms with van der Waals surface area (Å²) in [6.45, 7) is 4.37. The highest BCUT2D eigenvalue weighted by atomic mass is 32.1. The normalized spacial score (nSPS) is 17.1. The highest BCUT2D eigenvalue weighted by Crippen LogP contribution is 2.29. The Labute approximate surface area is 122 Å². The van der Waals surface area contributed by atoms with E-state index in [1.807, 2.05) is 29.6 Å². The van der Waals surface area contributed by atoms with Gasteiger partial charge in [-0.3, -0.25) is 9.48 Å². The highest BCUT2D eigenvalue weighted by Gasteiger charge is 2.24. The number of carbonyl (C=O) groups is 1. The summed E-state index contributed by atoms with van der Waals surface area (Å²) in [7, 11) is 1.92. The molecule has 0 saturated carbocycles. The van der Waals surface area contributed by atoms with Gasteiger partial charge in [0.05, 0.1) is 10.6 Å². The fourth-order valence-corrected chi connectivity index (χ4v) is 3.93. The van der Waals surface area contributed by atoms with Crippen LogP contribution in [-0.2, 0) is 7.05 Å². The monoisotopic (exact) mass is 292 g/mol. The average Bonchev–Trinajstić information content (AvgIpc) is 3.01. The molecule has 2 aromatic heterocycles. The van der Waals surface area contributed by atoms with Crippen LogP contribution in [0.3, 0.4) is 0 Å². The van der Waals surface area contributed by atoms with Crippen LogP contribution in [-0.4, -0.2) is 40.2 Å². The van der Waals surface area contributed by atoms with Crippen LogP contribution in [0.5, 0.6) is 0 Å². The van der Waals surface area contributed by atoms with Gasteiger partial charge in [0.25, 0.3) is 5.91 Å². The Morgan fingerprint density at radius 3 is 2.80 bits per heavy atom. The van der Waals surface area contributed by atoms with Crippen LogP contribution >= 0.6 is 11.3 Å². The molecule has 0 unspecified atom stereocenters. The molecule has 3 heterocycles. The Balaban J connectivity index is 1.81. The number of fused-ring (bicyclic) bond motifs is 1. The lowest BCUT2D eigenvalue weighted by Crippen LogP contribution is -2.39. The lowest BCUT2D eigenvalue weighted by atomic mass is 9.97. The van der Waals surface area contributed by atoms with Gasteiger partial charge in [-0.15, -0.1) is 11.3 Å². The van der Waals surface area contributed by atoms with Crippen LogP contribution in [0.15, 0.2) is 6.07 Å². The maximum Gasteiger partial charge on any atom is 0.264 e. The van der Waals surface area contributed by atoms with Crippen molar-refractivity contribution in [2.75, 3.05) is 19.6 Å². The highest BCUT2D eigenvalue weighted by molar-refractivity contribution is 7.20. The Morgan fingerprint density at radius 1 is 1.50 bits per heavy atom. The van der Waals surface area contributed by atoms with Crippen molar-refractivity contribution in [3.05, 3.63) is 16.6 Å². The fraction of sp³-hybridized carbons (Fsp3) is 0.571. The Hall–Kier alpha value is -1.40. The Morgan fingerprint density at radius 2 is 2.20 bits per heavy atom. The van der Waals surface area contributed by atoms with E-state index in [1.54, 1.807) is 0 Å². The summed E-state index contributed by atoms with van der Waals surface area (Å²) >= 11 is 1.54. The van der Waals surface area contributed by atoms with Crippen molar-refractivity contribution in [2.45, 2.75) is 19.8 Å². The molecule has 0 atom stereocenters. The van der Waals surface area contributed by atoms with Gasteiger partial charge in [0.15, 0.2) is 0 Å². The molecule has 1 aliphatic heterocycles. The molecular weight excluding hydrogens is 272 g/mol. The molecule has 2 aromatic rings. The number of hydrogen-bond donors (Lipinski definition) is 1. The van der Waals surface area contributed by atoms with E-state index in [2.05, 4.69) is 5.10 Å². The molecule has 20 heavy (non-hydrogen) atoms. The molecule has 2 N–H and O–H groups in total. The first-order valence-corrected chi connectivity index (χ1v) is 7.84. The number of nitrogens with two attached hydrogens (primary N) is 1. The van der Waals surface area contributed by atoms with Gasteiger partial charge in [-0.25, -0.2) is 0 Å². The van der Waals surface area contributed by atoms with Crippen molar-refractivity contribution in [1.82, 2.24) is 14.7 Å². The van der Waals surface area contributed by atoms with Gasteiger partial charge in [0.1, 0.15) is 4.83 Å². The van der Waals surface area contributed by atoms with Gasteiger partial charge in [-0.1, -0.05) is 0 Å². The maximum absolute atomic E-state index is 12.6. The second kappa shape index (κ2) is 5.18. The molecule has 1 saturated heterocycles. The van der Waals surface area contributed by atoms with Crippen LogP contribution in [0.1, 0.15) is 28.2 Å². The SMILES string of the molecule is Cc1nn(C)c2sc(C(=O)N3CCC(CN)CC3)cc12. The number of aryl methyl sites for hydroxylation is 2.